The average Bonchev–Trinajstić information content (AvgIpc) is 0.735. The molecule has 0 N–H and O–H groups in total. The second-order valence-corrected chi connectivity index (χ2v) is 36.5. The van der Waals surface area contributed by atoms with Gasteiger partial charge in [-0.15, -0.1) is 0 Å². The maximum atomic E-state index is 9.86. The van der Waals surface area contributed by atoms with E-state index < -0.39 is 24.8 Å². The Morgan fingerprint density at radius 3 is 0.975 bits per heavy atom. The van der Waals surface area contributed by atoms with Crippen LogP contribution in [-0.4, -0.2) is 20.4 Å². The molecular formula is C112H94BN5. The summed E-state index contributed by atoms with van der Waals surface area (Å²) in [7, 11) is 0. The lowest BCUT2D eigenvalue weighted by atomic mass is 9.33. The van der Waals surface area contributed by atoms with Gasteiger partial charge in [-0.1, -0.05) is 320 Å². The van der Waals surface area contributed by atoms with Crippen molar-refractivity contribution in [3.05, 3.63) is 374 Å². The first-order chi connectivity index (χ1) is 59.2. The van der Waals surface area contributed by atoms with Crippen LogP contribution in [0.4, 0.5) is 34.1 Å². The molecule has 0 fully saturated rings. The van der Waals surface area contributed by atoms with Gasteiger partial charge in [0.15, 0.2) is 0 Å². The highest BCUT2D eigenvalue weighted by atomic mass is 15.2. The van der Waals surface area contributed by atoms with Gasteiger partial charge in [0, 0.05) is 88.7 Å². The molecule has 5 nitrogen and oxygen atoms in total. The maximum absolute atomic E-state index is 9.86. The molecule has 0 bridgehead atoms. The van der Waals surface area contributed by atoms with Gasteiger partial charge in [0.05, 0.1) is 57.0 Å². The number of aromatic nitrogens is 3. The van der Waals surface area contributed by atoms with Gasteiger partial charge < -0.3 is 23.5 Å². The van der Waals surface area contributed by atoms with Gasteiger partial charge >= 0.3 is 0 Å². The van der Waals surface area contributed by atoms with Crippen molar-refractivity contribution in [1.82, 2.24) is 13.7 Å². The molecule has 0 saturated carbocycles. The van der Waals surface area contributed by atoms with Crippen molar-refractivity contribution < 1.29 is 6.85 Å². The van der Waals surface area contributed by atoms with Crippen LogP contribution in [0.15, 0.2) is 352 Å². The van der Waals surface area contributed by atoms with E-state index in [0.717, 1.165) is 172 Å². The Morgan fingerprint density at radius 2 is 0.559 bits per heavy atom. The normalized spacial score (nSPS) is 13.6. The van der Waals surface area contributed by atoms with Crippen LogP contribution in [0.5, 0.6) is 0 Å². The van der Waals surface area contributed by atoms with Crippen molar-refractivity contribution in [1.29, 1.82) is 0 Å². The summed E-state index contributed by atoms with van der Waals surface area (Å²) in [6.07, 6.45) is 0. The molecule has 0 spiro atoms. The standard InChI is InChI=1S/C112H94BN5/c1-109(2,3)77-51-57-99-91(61-77)92-62-78(110(4,5)6)52-58-100(92)116(99)83-69-104-106-105(70-83)118(108-89(74-40-24-16-25-41-74)65-80(112(10,11)12)66-90(108)75-42-26-17-27-43-75)103-68-82(115-98-49-33-30-46-86(98)93-67-81(54-59-101(93)115)114-96-47-31-28-44-84(96)85-45-29-32-48-97(85)114)53-56-95(103)113(106)94-55-50-76(71-34-18-13-19-35-71)60-102(94)117(104)107-87(72-36-20-14-21-37-72)63-79(111(7,8)9)64-88(107)73-38-22-15-23-39-73/h13-70H,1-12H3/i13D,18D,19D,34D,35D. The fraction of sp³-hybridized carbons (Fsp3) is 0.143. The smallest absolute Gasteiger partial charge is 0.252 e. The lowest BCUT2D eigenvalue weighted by Gasteiger charge is -2.46. The summed E-state index contributed by atoms with van der Waals surface area (Å²) in [6.45, 7) is 27.2. The topological polar surface area (TPSA) is 21.3 Å². The van der Waals surface area contributed by atoms with E-state index in [4.69, 9.17) is 1.37 Å². The van der Waals surface area contributed by atoms with Crippen molar-refractivity contribution in [3.8, 4) is 72.7 Å². The molecule has 2 aliphatic heterocycles. The molecule has 118 heavy (non-hydrogen) atoms. The van der Waals surface area contributed by atoms with Crippen LogP contribution in [0.2, 0.25) is 0 Å². The molecule has 16 aromatic carbocycles. The highest BCUT2D eigenvalue weighted by Gasteiger charge is 2.47. The lowest BCUT2D eigenvalue weighted by Crippen LogP contribution is -2.61. The molecular weight excluding hydrogens is 1430 g/mol. The summed E-state index contributed by atoms with van der Waals surface area (Å²) in [5.41, 5.74) is 31.0. The molecule has 0 aliphatic carbocycles. The Labute approximate surface area is 700 Å². The molecule has 0 amide bonds. The zero-order chi connectivity index (χ0) is 84.8. The molecule has 0 atom stereocenters. The number of hydrogen-bond acceptors (Lipinski definition) is 2. The number of rotatable bonds is 10. The van der Waals surface area contributed by atoms with E-state index in [1.807, 2.05) is 6.07 Å². The first-order valence-corrected chi connectivity index (χ1v) is 41.5. The predicted molar refractivity (Wildman–Crippen MR) is 505 cm³/mol. The van der Waals surface area contributed by atoms with Gasteiger partial charge in [0.2, 0.25) is 0 Å². The fourth-order valence-corrected chi connectivity index (χ4v) is 19.0. The largest absolute Gasteiger partial charge is 0.310 e. The van der Waals surface area contributed by atoms with Crippen molar-refractivity contribution >= 4 is 123 Å². The van der Waals surface area contributed by atoms with Crippen molar-refractivity contribution in [2.75, 3.05) is 9.80 Å². The summed E-state index contributed by atoms with van der Waals surface area (Å²) in [5.74, 6) is 0. The minimum Gasteiger partial charge on any atom is -0.310 e. The molecule has 3 aromatic heterocycles. The highest BCUT2D eigenvalue weighted by molar-refractivity contribution is 7.00. The molecule has 19 aromatic rings. The summed E-state index contributed by atoms with van der Waals surface area (Å²) in [5, 5.41) is 6.99. The number of nitrogens with zero attached hydrogens (tertiary/aromatic N) is 5. The van der Waals surface area contributed by atoms with Crippen LogP contribution in [0.1, 0.15) is 112 Å². The lowest BCUT2D eigenvalue weighted by molar-refractivity contribution is 0.590. The minimum absolute atomic E-state index is 0.127. The molecule has 2 aliphatic rings. The zero-order valence-corrected chi connectivity index (χ0v) is 68.9. The van der Waals surface area contributed by atoms with E-state index in [1.54, 1.807) is 0 Å². The second kappa shape index (κ2) is 27.1. The third-order valence-corrected chi connectivity index (χ3v) is 25.1. The number of hydrogen-bond donors (Lipinski definition) is 0. The van der Waals surface area contributed by atoms with E-state index >= 15 is 0 Å². The molecule has 0 saturated heterocycles. The van der Waals surface area contributed by atoms with E-state index in [-0.39, 0.29) is 39.3 Å². The predicted octanol–water partition coefficient (Wildman–Crippen LogP) is 28.6. The molecule has 21 rings (SSSR count). The second-order valence-electron chi connectivity index (χ2n) is 36.5. The first-order valence-electron chi connectivity index (χ1n) is 44.0. The van der Waals surface area contributed by atoms with Gasteiger partial charge in [0.1, 0.15) is 0 Å². The van der Waals surface area contributed by atoms with Crippen molar-refractivity contribution in [3.63, 3.8) is 0 Å². The van der Waals surface area contributed by atoms with E-state index in [9.17, 15) is 5.48 Å². The SMILES string of the molecule is [2H]c1c([2H])c([2H])c(-c2ccc3c(c2)N(c2c(-c4ccccc4)cc(C(C)(C)C)cc2-c2ccccc2)c2cc(-n4c5ccc(C(C)(C)C)cc5c5cc(C(C)(C)C)ccc54)cc4c2B3c2ccc(-n3c5ccccc5c5cc(-n6c7ccccc7c7ccccc76)ccc53)cc2N4c2c(-c3ccccc3)cc(C(C)(C)C)cc2-c2ccccc2)c([2H])c1[2H]. The number of para-hydroxylation sites is 3. The Kier molecular flexibility index (Phi) is 15.3. The Bertz CT molecular complexity index is 7330. The van der Waals surface area contributed by atoms with Gasteiger partial charge in [-0.3, -0.25) is 0 Å². The highest BCUT2D eigenvalue weighted by Crippen LogP contribution is 2.56. The first kappa shape index (κ1) is 66.8. The molecule has 0 unspecified atom stereocenters. The summed E-state index contributed by atoms with van der Waals surface area (Å²) < 4.78 is 54.8. The number of benzene rings is 16. The van der Waals surface area contributed by atoms with Crippen LogP contribution >= 0.6 is 0 Å². The zero-order valence-electron chi connectivity index (χ0n) is 73.9. The molecule has 5 heterocycles. The van der Waals surface area contributed by atoms with E-state index in [0.29, 0.717) is 5.56 Å². The third-order valence-electron chi connectivity index (χ3n) is 25.1. The quantitative estimate of drug-likeness (QED) is 0.127. The molecule has 6 heteroatoms. The van der Waals surface area contributed by atoms with E-state index in [2.05, 4.69) is 422 Å². The van der Waals surface area contributed by atoms with Crippen LogP contribution in [0.3, 0.4) is 0 Å². The van der Waals surface area contributed by atoms with E-state index in [1.165, 1.54) is 27.5 Å². The third kappa shape index (κ3) is 11.7. The number of anilines is 6. The molecule has 0 radical (unpaired) electrons. The van der Waals surface area contributed by atoms with Gasteiger partial charge in [-0.05, 0) is 209 Å². The van der Waals surface area contributed by atoms with Crippen LogP contribution in [0.25, 0.3) is 138 Å². The van der Waals surface area contributed by atoms with Gasteiger partial charge in [-0.2, -0.15) is 0 Å². The minimum atomic E-state index is -0.512. The van der Waals surface area contributed by atoms with Crippen LogP contribution in [0, 0.1) is 0 Å². The van der Waals surface area contributed by atoms with Gasteiger partial charge in [0.25, 0.3) is 6.71 Å². The Morgan fingerprint density at radius 1 is 0.237 bits per heavy atom. The Balaban J connectivity index is 0.965. The summed E-state index contributed by atoms with van der Waals surface area (Å²) in [6, 6.07) is 118. The summed E-state index contributed by atoms with van der Waals surface area (Å²) >= 11 is 0. The summed E-state index contributed by atoms with van der Waals surface area (Å²) in [4.78, 5) is 5.19. The Hall–Kier alpha value is -13.4. The van der Waals surface area contributed by atoms with Crippen molar-refractivity contribution in [2.45, 2.75) is 105 Å². The number of fused-ring (bicyclic) bond motifs is 13. The van der Waals surface area contributed by atoms with Crippen LogP contribution < -0.4 is 26.2 Å². The average molecular weight is 1530 g/mol. The van der Waals surface area contributed by atoms with Gasteiger partial charge in [-0.25, -0.2) is 0 Å². The monoisotopic (exact) mass is 1520 g/mol. The van der Waals surface area contributed by atoms with Crippen LogP contribution in [-0.2, 0) is 21.7 Å². The van der Waals surface area contributed by atoms with Crippen molar-refractivity contribution in [2.24, 2.45) is 0 Å². The maximum Gasteiger partial charge on any atom is 0.252 e. The fourth-order valence-electron chi connectivity index (χ4n) is 19.0. The molecule has 570 valence electrons.